The first-order valence-corrected chi connectivity index (χ1v) is 13.8. The minimum atomic E-state index is -2.56. The minimum Gasteiger partial charge on any atom is -0.508 e. The Morgan fingerprint density at radius 1 is 1.10 bits per heavy atom. The number of carbonyl (C=O) groups is 3. The van der Waals surface area contributed by atoms with Gasteiger partial charge in [0, 0.05) is 31.3 Å². The van der Waals surface area contributed by atoms with Gasteiger partial charge in [0.15, 0.2) is 17.2 Å². The van der Waals surface area contributed by atoms with Crippen molar-refractivity contribution in [2.45, 2.75) is 71.4 Å². The molecule has 40 heavy (non-hydrogen) atoms. The van der Waals surface area contributed by atoms with Gasteiger partial charge in [-0.15, -0.1) is 0 Å². The van der Waals surface area contributed by atoms with Crippen LogP contribution in [0, 0.1) is 17.3 Å². The molecule has 1 aromatic rings. The number of fused-ring (bicyclic) bond motifs is 3. The van der Waals surface area contributed by atoms with E-state index in [1.807, 2.05) is 25.1 Å². The number of carbonyl (C=O) groups excluding carboxylic acids is 3. The summed E-state index contributed by atoms with van der Waals surface area (Å²) in [5.74, 6) is -5.45. The third-order valence-electron chi connectivity index (χ3n) is 8.74. The Balaban J connectivity index is 1.91. The number of aliphatic hydroxyl groups excluding tert-OH is 2. The van der Waals surface area contributed by atoms with Gasteiger partial charge >= 0.3 is 0 Å². The molecule has 9 heteroatoms. The van der Waals surface area contributed by atoms with Crippen LogP contribution in [0.3, 0.4) is 0 Å². The number of phenols is 1. The number of aryl methyl sites for hydroxylation is 1. The van der Waals surface area contributed by atoms with Gasteiger partial charge in [-0.05, 0) is 81.6 Å². The summed E-state index contributed by atoms with van der Waals surface area (Å²) in [4.78, 5) is 43.2. The lowest BCUT2D eigenvalue weighted by molar-refractivity contribution is -0.153. The third kappa shape index (κ3) is 4.53. The highest BCUT2D eigenvalue weighted by Crippen LogP contribution is 2.54. The van der Waals surface area contributed by atoms with Gasteiger partial charge in [0.05, 0.1) is 11.6 Å². The van der Waals surface area contributed by atoms with Crippen molar-refractivity contribution >= 4 is 28.8 Å². The maximum atomic E-state index is 14.1. The molecule has 0 aromatic heterocycles. The topological polar surface area (TPSA) is 139 Å². The SMILES string of the molecule is CC(=O)C1=C(O)[C@@]2(O)C(=O)C3=C(O)c4c(O)c(CCCC(C)(C)C)cc(N(C)C)c4C[C@H]3C[C@H]2[C@@H](N(C)C)C1=O. The van der Waals surface area contributed by atoms with Gasteiger partial charge in [0.1, 0.15) is 22.8 Å². The largest absolute Gasteiger partial charge is 0.508 e. The van der Waals surface area contributed by atoms with Crippen molar-refractivity contribution in [3.8, 4) is 5.75 Å². The first kappa shape index (κ1) is 29.8. The Labute approximate surface area is 235 Å². The first-order chi connectivity index (χ1) is 18.4. The van der Waals surface area contributed by atoms with Crippen LogP contribution < -0.4 is 4.90 Å². The summed E-state index contributed by atoms with van der Waals surface area (Å²) >= 11 is 0. The van der Waals surface area contributed by atoms with Gasteiger partial charge in [-0.25, -0.2) is 0 Å². The Hall–Kier alpha value is -3.17. The molecule has 1 fully saturated rings. The maximum Gasteiger partial charge on any atom is 0.202 e. The van der Waals surface area contributed by atoms with E-state index in [1.165, 1.54) is 0 Å². The zero-order valence-corrected chi connectivity index (χ0v) is 24.8. The Morgan fingerprint density at radius 3 is 2.25 bits per heavy atom. The van der Waals surface area contributed by atoms with E-state index >= 15 is 0 Å². The van der Waals surface area contributed by atoms with E-state index in [-0.39, 0.29) is 35.1 Å². The lowest BCUT2D eigenvalue weighted by Gasteiger charge is -2.50. The summed E-state index contributed by atoms with van der Waals surface area (Å²) in [6.45, 7) is 7.55. The molecule has 0 bridgehead atoms. The third-order valence-corrected chi connectivity index (χ3v) is 8.74. The summed E-state index contributed by atoms with van der Waals surface area (Å²) in [7, 11) is 6.99. The number of Topliss-reactive ketones (excluding diaryl/α,β-unsaturated/α-hetero) is 3. The summed E-state index contributed by atoms with van der Waals surface area (Å²) in [6.07, 6.45) is 2.70. The normalized spacial score (nSPS) is 26.6. The molecule has 3 aliphatic rings. The minimum absolute atomic E-state index is 0.0978. The van der Waals surface area contributed by atoms with Crippen LogP contribution >= 0.6 is 0 Å². The van der Waals surface area contributed by atoms with E-state index in [9.17, 15) is 34.8 Å². The van der Waals surface area contributed by atoms with Gasteiger partial charge in [-0.2, -0.15) is 0 Å². The van der Waals surface area contributed by atoms with Gasteiger partial charge < -0.3 is 25.3 Å². The average Bonchev–Trinajstić information content (AvgIpc) is 2.81. The Bertz CT molecular complexity index is 1350. The highest BCUT2D eigenvalue weighted by molar-refractivity contribution is 6.25. The number of ketones is 3. The molecule has 0 radical (unpaired) electrons. The van der Waals surface area contributed by atoms with Crippen LogP contribution in [-0.2, 0) is 27.2 Å². The molecule has 4 atom stereocenters. The van der Waals surface area contributed by atoms with Crippen LogP contribution in [0.1, 0.15) is 63.6 Å². The van der Waals surface area contributed by atoms with Crippen LogP contribution in [0.2, 0.25) is 0 Å². The van der Waals surface area contributed by atoms with Gasteiger partial charge in [-0.1, -0.05) is 20.8 Å². The molecule has 0 aliphatic heterocycles. The molecule has 0 saturated heterocycles. The number of aromatic hydroxyl groups is 1. The number of likely N-dealkylation sites (N-methyl/N-ethyl adjacent to an activating group) is 1. The smallest absolute Gasteiger partial charge is 0.202 e. The number of aliphatic hydroxyl groups is 3. The Kier molecular flexibility index (Phi) is 7.47. The number of anilines is 1. The number of hydrogen-bond acceptors (Lipinski definition) is 9. The fourth-order valence-corrected chi connectivity index (χ4v) is 6.85. The standard InChI is InChI=1S/C31H42N2O7/c1-15(34)21-27(37)24(33(7)8)19-13-17-12-18-20(32(5)6)14-16(10-9-11-30(2,3)4)25(35)23(18)26(36)22(17)29(39)31(19,40)28(21)38/h14,17,19,24,35-36,38,40H,9-13H2,1-8H3/t17-,19-,24+,31+/m0/s1. The van der Waals surface area contributed by atoms with Crippen molar-refractivity contribution < 1.29 is 34.8 Å². The molecule has 1 saturated carbocycles. The monoisotopic (exact) mass is 554 g/mol. The van der Waals surface area contributed by atoms with Crippen molar-refractivity contribution in [1.82, 2.24) is 4.90 Å². The zero-order chi connectivity index (χ0) is 30.1. The molecule has 9 nitrogen and oxygen atoms in total. The predicted octanol–water partition coefficient (Wildman–Crippen LogP) is 3.50. The predicted molar refractivity (Wildman–Crippen MR) is 152 cm³/mol. The van der Waals surface area contributed by atoms with Gasteiger partial charge in [0.2, 0.25) is 5.78 Å². The number of phenolic OH excluding ortho intramolecular Hbond substituents is 1. The molecule has 0 amide bonds. The molecule has 0 spiro atoms. The number of nitrogens with zero attached hydrogens (tertiary/aromatic N) is 2. The second-order valence-electron chi connectivity index (χ2n) is 13.2. The van der Waals surface area contributed by atoms with E-state index in [1.54, 1.807) is 19.0 Å². The second-order valence-corrected chi connectivity index (χ2v) is 13.2. The first-order valence-electron chi connectivity index (χ1n) is 13.8. The summed E-state index contributed by atoms with van der Waals surface area (Å²) in [5.41, 5.74) is -0.849. The molecule has 0 unspecified atom stereocenters. The van der Waals surface area contributed by atoms with E-state index < -0.39 is 57.9 Å². The molecule has 3 aliphatic carbocycles. The maximum absolute atomic E-state index is 14.1. The van der Waals surface area contributed by atoms with Crippen molar-refractivity contribution in [3.05, 3.63) is 39.7 Å². The van der Waals surface area contributed by atoms with Crippen molar-refractivity contribution in [3.63, 3.8) is 0 Å². The molecule has 4 rings (SSSR count). The highest BCUT2D eigenvalue weighted by Gasteiger charge is 2.64. The Morgan fingerprint density at radius 2 is 1.73 bits per heavy atom. The van der Waals surface area contributed by atoms with Crippen molar-refractivity contribution in [1.29, 1.82) is 0 Å². The quantitative estimate of drug-likeness (QED) is 0.389. The lowest BCUT2D eigenvalue weighted by atomic mass is 9.57. The summed E-state index contributed by atoms with van der Waals surface area (Å²) in [5, 5.41) is 45.9. The van der Waals surface area contributed by atoms with Crippen LogP contribution in [0.15, 0.2) is 23.0 Å². The second kappa shape index (κ2) is 10.0. The van der Waals surface area contributed by atoms with Gasteiger partial charge in [0.25, 0.3) is 0 Å². The molecular weight excluding hydrogens is 512 g/mol. The molecule has 218 valence electrons. The van der Waals surface area contributed by atoms with E-state index in [2.05, 4.69) is 20.8 Å². The fraction of sp³-hybridized carbons (Fsp3) is 0.581. The summed E-state index contributed by atoms with van der Waals surface area (Å²) < 4.78 is 0. The van der Waals surface area contributed by atoms with Crippen LogP contribution in [0.4, 0.5) is 5.69 Å². The molecular formula is C31H42N2O7. The fourth-order valence-electron chi connectivity index (χ4n) is 6.85. The van der Waals surface area contributed by atoms with Crippen LogP contribution in [-0.4, -0.2) is 82.5 Å². The number of hydrogen-bond donors (Lipinski definition) is 4. The van der Waals surface area contributed by atoms with Crippen molar-refractivity contribution in [2.75, 3.05) is 33.1 Å². The van der Waals surface area contributed by atoms with Crippen LogP contribution in [0.25, 0.3) is 5.76 Å². The lowest BCUT2D eigenvalue weighted by Crippen LogP contribution is -2.65. The van der Waals surface area contributed by atoms with E-state index in [0.717, 1.165) is 25.5 Å². The average molecular weight is 555 g/mol. The molecule has 0 heterocycles. The number of benzene rings is 1. The number of rotatable bonds is 6. The molecule has 1 aromatic carbocycles. The van der Waals surface area contributed by atoms with Crippen molar-refractivity contribution in [2.24, 2.45) is 17.3 Å². The van der Waals surface area contributed by atoms with Crippen LogP contribution in [0.5, 0.6) is 5.75 Å². The van der Waals surface area contributed by atoms with E-state index in [0.29, 0.717) is 17.5 Å². The van der Waals surface area contributed by atoms with Gasteiger partial charge in [-0.3, -0.25) is 19.3 Å². The summed E-state index contributed by atoms with van der Waals surface area (Å²) in [6, 6.07) is 0.900. The zero-order valence-electron chi connectivity index (χ0n) is 24.8. The van der Waals surface area contributed by atoms with E-state index in [4.69, 9.17) is 0 Å². The highest BCUT2D eigenvalue weighted by atomic mass is 16.3. The molecule has 4 N–H and O–H groups in total.